The first-order valence-electron chi connectivity index (χ1n) is 8.42. The van der Waals surface area contributed by atoms with Crippen molar-refractivity contribution in [3.05, 3.63) is 23.8 Å². The fraction of sp³-hybridized carbons (Fsp3) is 0.471. The number of anilines is 1. The van der Waals surface area contributed by atoms with Gasteiger partial charge in [0.1, 0.15) is 5.75 Å². The van der Waals surface area contributed by atoms with Crippen LogP contribution in [0, 0.1) is 5.92 Å². The van der Waals surface area contributed by atoms with Gasteiger partial charge in [-0.1, -0.05) is 0 Å². The monoisotopic (exact) mass is 382 g/mol. The van der Waals surface area contributed by atoms with Gasteiger partial charge in [0.05, 0.1) is 11.6 Å². The molecule has 1 unspecified atom stereocenters. The third-order valence-electron chi connectivity index (χ3n) is 4.38. The Labute approximate surface area is 157 Å². The maximum atomic E-state index is 12.8. The average Bonchev–Trinajstić information content (AvgIpc) is 2.65. The lowest BCUT2D eigenvalue weighted by Gasteiger charge is -2.32. The Morgan fingerprint density at radius 2 is 2.19 bits per heavy atom. The third kappa shape index (κ3) is 4.44. The van der Waals surface area contributed by atoms with E-state index in [1.165, 1.54) is 0 Å². The zero-order valence-corrected chi connectivity index (χ0v) is 15.1. The summed E-state index contributed by atoms with van der Waals surface area (Å²) in [4.78, 5) is 38.0. The number of piperidine rings is 1. The molecule has 0 bridgehead atoms. The summed E-state index contributed by atoms with van der Waals surface area (Å²) >= 11 is 0. The molecule has 1 aromatic carbocycles. The van der Waals surface area contributed by atoms with Gasteiger partial charge >= 0.3 is 0 Å². The number of nitrogens with zero attached hydrogens (tertiary/aromatic N) is 1. The summed E-state index contributed by atoms with van der Waals surface area (Å²) in [6, 6.07) is 4.97. The topological polar surface area (TPSA) is 114 Å². The van der Waals surface area contributed by atoms with Crippen LogP contribution in [0.5, 0.6) is 5.75 Å². The van der Waals surface area contributed by atoms with E-state index in [0.29, 0.717) is 43.2 Å². The van der Waals surface area contributed by atoms with Crippen LogP contribution in [-0.4, -0.2) is 55.4 Å². The van der Waals surface area contributed by atoms with Crippen molar-refractivity contribution in [2.24, 2.45) is 11.7 Å². The van der Waals surface area contributed by atoms with E-state index in [2.05, 4.69) is 10.6 Å². The zero-order valence-electron chi connectivity index (χ0n) is 14.3. The van der Waals surface area contributed by atoms with Crippen LogP contribution < -0.4 is 21.1 Å². The molecule has 8 nitrogen and oxygen atoms in total. The molecule has 2 aliphatic heterocycles. The SMILES string of the molecule is Cl.NCCNC(=O)C1CCCN(C(=O)c2ccc3c(c2)NC(=O)CO3)C1. The Hall–Kier alpha value is -2.32. The van der Waals surface area contributed by atoms with Crippen molar-refractivity contribution in [2.75, 3.05) is 38.1 Å². The molecule has 3 rings (SSSR count). The van der Waals surface area contributed by atoms with Crippen LogP contribution in [-0.2, 0) is 9.59 Å². The first kappa shape index (κ1) is 20.0. The molecular formula is C17H23ClN4O4. The number of hydrogen-bond donors (Lipinski definition) is 3. The Bertz CT molecular complexity index is 697. The van der Waals surface area contributed by atoms with Crippen LogP contribution in [0.15, 0.2) is 18.2 Å². The number of halogens is 1. The lowest BCUT2D eigenvalue weighted by molar-refractivity contribution is -0.126. The molecule has 0 radical (unpaired) electrons. The van der Waals surface area contributed by atoms with Crippen molar-refractivity contribution >= 4 is 35.8 Å². The lowest BCUT2D eigenvalue weighted by atomic mass is 9.96. The summed E-state index contributed by atoms with van der Waals surface area (Å²) in [5.41, 5.74) is 6.37. The van der Waals surface area contributed by atoms with Crippen molar-refractivity contribution < 1.29 is 19.1 Å². The molecule has 4 N–H and O–H groups in total. The largest absolute Gasteiger partial charge is 0.482 e. The maximum absolute atomic E-state index is 12.8. The second kappa shape index (κ2) is 8.86. The molecule has 0 spiro atoms. The highest BCUT2D eigenvalue weighted by atomic mass is 35.5. The molecule has 142 valence electrons. The van der Waals surface area contributed by atoms with Gasteiger partial charge in [0, 0.05) is 31.7 Å². The van der Waals surface area contributed by atoms with Crippen LogP contribution in [0.2, 0.25) is 0 Å². The first-order chi connectivity index (χ1) is 12.1. The molecule has 3 amide bonds. The number of rotatable bonds is 4. The number of ether oxygens (including phenoxy) is 1. The number of carbonyl (C=O) groups is 3. The van der Waals surface area contributed by atoms with Gasteiger partial charge in [0.25, 0.3) is 11.8 Å². The quantitative estimate of drug-likeness (QED) is 0.696. The second-order valence-electron chi connectivity index (χ2n) is 6.22. The summed E-state index contributed by atoms with van der Waals surface area (Å²) in [5, 5.41) is 5.48. The molecule has 9 heteroatoms. The number of likely N-dealkylation sites (tertiary alicyclic amines) is 1. The van der Waals surface area contributed by atoms with Gasteiger partial charge in [-0.3, -0.25) is 14.4 Å². The van der Waals surface area contributed by atoms with Gasteiger partial charge in [0.15, 0.2) is 6.61 Å². The van der Waals surface area contributed by atoms with Crippen molar-refractivity contribution in [1.82, 2.24) is 10.2 Å². The molecule has 2 aliphatic rings. The van der Waals surface area contributed by atoms with Gasteiger partial charge in [-0.05, 0) is 31.0 Å². The Balaban J connectivity index is 0.00000243. The normalized spacial score (nSPS) is 18.7. The minimum absolute atomic E-state index is 0. The van der Waals surface area contributed by atoms with E-state index in [-0.39, 0.29) is 42.7 Å². The number of nitrogens with two attached hydrogens (primary N) is 1. The van der Waals surface area contributed by atoms with E-state index in [1.54, 1.807) is 23.1 Å². The molecule has 1 saturated heterocycles. The summed E-state index contributed by atoms with van der Waals surface area (Å²) in [6.45, 7) is 1.80. The molecule has 0 aliphatic carbocycles. The highest BCUT2D eigenvalue weighted by Gasteiger charge is 2.29. The van der Waals surface area contributed by atoms with Crippen molar-refractivity contribution in [2.45, 2.75) is 12.8 Å². The predicted octanol–water partition coefficient (Wildman–Crippen LogP) is 0.366. The van der Waals surface area contributed by atoms with Gasteiger partial charge in [-0.15, -0.1) is 12.4 Å². The standard InChI is InChI=1S/C17H22N4O4.ClH/c18-5-6-19-16(23)12-2-1-7-21(9-12)17(24)11-3-4-14-13(8-11)20-15(22)10-25-14;/h3-4,8,12H,1-2,5-7,9-10,18H2,(H,19,23)(H,20,22);1H. The number of fused-ring (bicyclic) bond motifs is 1. The molecular weight excluding hydrogens is 360 g/mol. The van der Waals surface area contributed by atoms with E-state index in [1.807, 2.05) is 0 Å². The summed E-state index contributed by atoms with van der Waals surface area (Å²) in [6.07, 6.45) is 1.53. The van der Waals surface area contributed by atoms with Crippen LogP contribution in [0.3, 0.4) is 0 Å². The number of benzene rings is 1. The third-order valence-corrected chi connectivity index (χ3v) is 4.38. The van der Waals surface area contributed by atoms with Crippen molar-refractivity contribution in [3.63, 3.8) is 0 Å². The minimum Gasteiger partial charge on any atom is -0.482 e. The van der Waals surface area contributed by atoms with E-state index >= 15 is 0 Å². The predicted molar refractivity (Wildman–Crippen MR) is 98.5 cm³/mol. The van der Waals surface area contributed by atoms with E-state index < -0.39 is 0 Å². The number of amides is 3. The minimum atomic E-state index is -0.244. The first-order valence-corrected chi connectivity index (χ1v) is 8.42. The maximum Gasteiger partial charge on any atom is 0.262 e. The average molecular weight is 383 g/mol. The smallest absolute Gasteiger partial charge is 0.262 e. The Morgan fingerprint density at radius 3 is 2.96 bits per heavy atom. The second-order valence-corrected chi connectivity index (χ2v) is 6.22. The van der Waals surface area contributed by atoms with Crippen LogP contribution in [0.4, 0.5) is 5.69 Å². The molecule has 1 atom stereocenters. The number of carbonyl (C=O) groups excluding carboxylic acids is 3. The van der Waals surface area contributed by atoms with E-state index in [0.717, 1.165) is 12.8 Å². The van der Waals surface area contributed by atoms with Crippen LogP contribution >= 0.6 is 12.4 Å². The molecule has 1 fully saturated rings. The van der Waals surface area contributed by atoms with Crippen molar-refractivity contribution in [3.8, 4) is 5.75 Å². The molecule has 26 heavy (non-hydrogen) atoms. The fourth-order valence-electron chi connectivity index (χ4n) is 3.11. The Kier molecular flexibility index (Phi) is 6.82. The number of nitrogens with one attached hydrogen (secondary N) is 2. The van der Waals surface area contributed by atoms with E-state index in [9.17, 15) is 14.4 Å². The Morgan fingerprint density at radius 1 is 1.38 bits per heavy atom. The highest BCUT2D eigenvalue weighted by Crippen LogP contribution is 2.29. The molecule has 1 aromatic rings. The molecule has 0 aromatic heterocycles. The highest BCUT2D eigenvalue weighted by molar-refractivity contribution is 6.00. The van der Waals surface area contributed by atoms with Crippen molar-refractivity contribution in [1.29, 1.82) is 0 Å². The van der Waals surface area contributed by atoms with Crippen LogP contribution in [0.25, 0.3) is 0 Å². The van der Waals surface area contributed by atoms with Gasteiger partial charge in [-0.2, -0.15) is 0 Å². The van der Waals surface area contributed by atoms with Gasteiger partial charge in [-0.25, -0.2) is 0 Å². The van der Waals surface area contributed by atoms with E-state index in [4.69, 9.17) is 10.5 Å². The molecule has 2 heterocycles. The summed E-state index contributed by atoms with van der Waals surface area (Å²) in [7, 11) is 0. The molecule has 0 saturated carbocycles. The summed E-state index contributed by atoms with van der Waals surface area (Å²) < 4.78 is 5.30. The van der Waals surface area contributed by atoms with Gasteiger partial charge < -0.3 is 26.0 Å². The lowest BCUT2D eigenvalue weighted by Crippen LogP contribution is -2.46. The number of hydrogen-bond acceptors (Lipinski definition) is 5. The summed E-state index contributed by atoms with van der Waals surface area (Å²) in [5.74, 6) is -0.126. The van der Waals surface area contributed by atoms with Gasteiger partial charge in [0.2, 0.25) is 5.91 Å². The van der Waals surface area contributed by atoms with Crippen LogP contribution in [0.1, 0.15) is 23.2 Å². The zero-order chi connectivity index (χ0) is 17.8. The fourth-order valence-corrected chi connectivity index (χ4v) is 3.11.